The predicted octanol–water partition coefficient (Wildman–Crippen LogP) is 2.79. The van der Waals surface area contributed by atoms with Gasteiger partial charge in [-0.15, -0.1) is 0 Å². The zero-order valence-electron chi connectivity index (χ0n) is 11.0. The molecule has 2 N–H and O–H groups in total. The van der Waals surface area contributed by atoms with E-state index in [1.807, 2.05) is 6.07 Å². The molecule has 1 amide bonds. The maximum absolute atomic E-state index is 12.9. The molecule has 0 radical (unpaired) electrons. The Bertz CT molecular complexity index is 648. The molecule has 2 aromatic rings. The van der Waals surface area contributed by atoms with Crippen molar-refractivity contribution >= 4 is 5.91 Å². The number of primary amides is 1. The van der Waals surface area contributed by atoms with Crippen LogP contribution in [-0.4, -0.2) is 10.9 Å². The number of nitrogens with two attached hydrogens (primary N) is 1. The minimum Gasteiger partial charge on any atom is -0.364 e. The molecule has 4 heteroatoms. The highest BCUT2D eigenvalue weighted by Gasteiger charge is 2.27. The van der Waals surface area contributed by atoms with Crippen LogP contribution in [0.2, 0.25) is 0 Å². The summed E-state index contributed by atoms with van der Waals surface area (Å²) in [6.07, 6.45) is 2.91. The Morgan fingerprint density at radius 3 is 2.50 bits per heavy atom. The van der Waals surface area contributed by atoms with Crippen molar-refractivity contribution in [2.45, 2.75) is 25.2 Å². The number of rotatable bonds is 4. The third kappa shape index (κ3) is 2.69. The van der Waals surface area contributed by atoms with Gasteiger partial charge < -0.3 is 5.73 Å². The van der Waals surface area contributed by atoms with E-state index in [-0.39, 0.29) is 11.5 Å². The Kier molecular flexibility index (Phi) is 3.22. The van der Waals surface area contributed by atoms with Crippen molar-refractivity contribution < 1.29 is 9.18 Å². The van der Waals surface area contributed by atoms with Crippen molar-refractivity contribution in [2.24, 2.45) is 5.73 Å². The summed E-state index contributed by atoms with van der Waals surface area (Å²) in [5, 5.41) is 0. The maximum atomic E-state index is 12.9. The van der Waals surface area contributed by atoms with Crippen molar-refractivity contribution in [3.8, 4) is 0 Å². The van der Waals surface area contributed by atoms with Crippen molar-refractivity contribution in [3.05, 3.63) is 64.7 Å². The fraction of sp³-hybridized carbons (Fsp3) is 0.250. The number of carbonyl (C=O) groups is 1. The molecule has 1 heterocycles. The van der Waals surface area contributed by atoms with Gasteiger partial charge in [0.15, 0.2) is 0 Å². The van der Waals surface area contributed by atoms with Gasteiger partial charge in [-0.3, -0.25) is 4.79 Å². The van der Waals surface area contributed by atoms with Crippen LogP contribution in [0.15, 0.2) is 36.4 Å². The summed E-state index contributed by atoms with van der Waals surface area (Å²) in [4.78, 5) is 15.6. The summed E-state index contributed by atoms with van der Waals surface area (Å²) in [6.45, 7) is 0. The van der Waals surface area contributed by atoms with Gasteiger partial charge in [-0.25, -0.2) is 9.37 Å². The lowest BCUT2D eigenvalue weighted by atomic mass is 10.0. The van der Waals surface area contributed by atoms with E-state index in [9.17, 15) is 9.18 Å². The van der Waals surface area contributed by atoms with Gasteiger partial charge in [0, 0.05) is 12.1 Å². The number of nitrogens with zero attached hydrogens (tertiary/aromatic N) is 1. The number of hydrogen-bond acceptors (Lipinski definition) is 2. The van der Waals surface area contributed by atoms with Crippen molar-refractivity contribution in [3.63, 3.8) is 0 Å². The highest BCUT2D eigenvalue weighted by atomic mass is 19.1. The Hall–Kier alpha value is -2.23. The highest BCUT2D eigenvalue weighted by molar-refractivity contribution is 5.90. The fourth-order valence-corrected chi connectivity index (χ4v) is 2.35. The maximum Gasteiger partial charge on any atom is 0.267 e. The van der Waals surface area contributed by atoms with Crippen LogP contribution < -0.4 is 5.73 Å². The van der Waals surface area contributed by atoms with Crippen LogP contribution in [0.5, 0.6) is 0 Å². The number of benzene rings is 1. The standard InChI is InChI=1S/C16H15FN2O/c17-12-5-1-10(2-6-12)9-15-13(11-3-4-11)7-8-14(19-15)16(18)20/h1-2,5-8,11H,3-4,9H2,(H2,18,20). The first-order valence-electron chi connectivity index (χ1n) is 6.67. The van der Waals surface area contributed by atoms with Gasteiger partial charge >= 0.3 is 0 Å². The Labute approximate surface area is 116 Å². The van der Waals surface area contributed by atoms with Gasteiger partial charge in [0.1, 0.15) is 11.5 Å². The summed E-state index contributed by atoms with van der Waals surface area (Å²) in [6, 6.07) is 9.98. The van der Waals surface area contributed by atoms with Crippen molar-refractivity contribution in [1.82, 2.24) is 4.98 Å². The van der Waals surface area contributed by atoms with E-state index in [0.717, 1.165) is 24.1 Å². The molecule has 0 unspecified atom stereocenters. The van der Waals surface area contributed by atoms with E-state index in [1.165, 1.54) is 17.7 Å². The van der Waals surface area contributed by atoms with E-state index in [0.29, 0.717) is 12.3 Å². The number of aromatic nitrogens is 1. The average Bonchev–Trinajstić information content (AvgIpc) is 3.26. The second-order valence-corrected chi connectivity index (χ2v) is 5.17. The lowest BCUT2D eigenvalue weighted by Crippen LogP contribution is -2.15. The first-order chi connectivity index (χ1) is 9.63. The number of halogens is 1. The molecule has 0 atom stereocenters. The first-order valence-corrected chi connectivity index (χ1v) is 6.67. The second kappa shape index (κ2) is 5.04. The Morgan fingerprint density at radius 1 is 1.20 bits per heavy atom. The van der Waals surface area contributed by atoms with E-state index in [4.69, 9.17) is 5.73 Å². The number of pyridine rings is 1. The van der Waals surface area contributed by atoms with E-state index in [1.54, 1.807) is 18.2 Å². The topological polar surface area (TPSA) is 56.0 Å². The zero-order chi connectivity index (χ0) is 14.1. The summed E-state index contributed by atoms with van der Waals surface area (Å²) in [5.41, 5.74) is 8.60. The lowest BCUT2D eigenvalue weighted by Gasteiger charge is -2.09. The van der Waals surface area contributed by atoms with Crippen LogP contribution in [0.3, 0.4) is 0 Å². The van der Waals surface area contributed by atoms with Crippen molar-refractivity contribution in [2.75, 3.05) is 0 Å². The van der Waals surface area contributed by atoms with Gasteiger partial charge in [0.25, 0.3) is 5.91 Å². The minimum atomic E-state index is -0.521. The predicted molar refractivity (Wildman–Crippen MR) is 73.9 cm³/mol. The number of amides is 1. The quantitative estimate of drug-likeness (QED) is 0.928. The Morgan fingerprint density at radius 2 is 1.90 bits per heavy atom. The van der Waals surface area contributed by atoms with Crippen LogP contribution in [0.25, 0.3) is 0 Å². The molecular formula is C16H15FN2O. The minimum absolute atomic E-state index is 0.255. The Balaban J connectivity index is 1.94. The average molecular weight is 270 g/mol. The van der Waals surface area contributed by atoms with Gasteiger partial charge in [0.2, 0.25) is 0 Å². The molecule has 1 fully saturated rings. The van der Waals surface area contributed by atoms with Crippen LogP contribution in [0.1, 0.15) is 46.1 Å². The number of carbonyl (C=O) groups excluding carboxylic acids is 1. The molecule has 3 rings (SSSR count). The molecule has 0 aliphatic heterocycles. The summed E-state index contributed by atoms with van der Waals surface area (Å²) in [5.74, 6) is -0.234. The lowest BCUT2D eigenvalue weighted by molar-refractivity contribution is 0.0995. The van der Waals surface area contributed by atoms with Crippen LogP contribution >= 0.6 is 0 Å². The molecule has 1 aromatic heterocycles. The van der Waals surface area contributed by atoms with E-state index in [2.05, 4.69) is 4.98 Å². The second-order valence-electron chi connectivity index (χ2n) is 5.17. The normalized spacial score (nSPS) is 14.2. The van der Waals surface area contributed by atoms with Crippen LogP contribution in [0, 0.1) is 5.82 Å². The molecule has 1 saturated carbocycles. The van der Waals surface area contributed by atoms with Gasteiger partial charge in [-0.1, -0.05) is 18.2 Å². The summed E-state index contributed by atoms with van der Waals surface area (Å²) in [7, 11) is 0. The third-order valence-electron chi connectivity index (χ3n) is 3.56. The highest BCUT2D eigenvalue weighted by Crippen LogP contribution is 2.41. The first kappa shape index (κ1) is 12.8. The smallest absolute Gasteiger partial charge is 0.267 e. The zero-order valence-corrected chi connectivity index (χ0v) is 11.0. The number of hydrogen-bond donors (Lipinski definition) is 1. The van der Waals surface area contributed by atoms with Gasteiger partial charge in [-0.05, 0) is 48.1 Å². The fourth-order valence-electron chi connectivity index (χ4n) is 2.35. The molecule has 0 bridgehead atoms. The van der Waals surface area contributed by atoms with Crippen LogP contribution in [0.4, 0.5) is 4.39 Å². The van der Waals surface area contributed by atoms with E-state index >= 15 is 0 Å². The summed E-state index contributed by atoms with van der Waals surface area (Å²) >= 11 is 0. The summed E-state index contributed by atoms with van der Waals surface area (Å²) < 4.78 is 12.9. The largest absolute Gasteiger partial charge is 0.364 e. The molecular weight excluding hydrogens is 255 g/mol. The third-order valence-corrected chi connectivity index (χ3v) is 3.56. The molecule has 0 spiro atoms. The molecule has 0 saturated heterocycles. The van der Waals surface area contributed by atoms with Crippen molar-refractivity contribution in [1.29, 1.82) is 0 Å². The molecule has 20 heavy (non-hydrogen) atoms. The van der Waals surface area contributed by atoms with Crippen LogP contribution in [-0.2, 0) is 6.42 Å². The molecule has 1 aliphatic carbocycles. The monoisotopic (exact) mass is 270 g/mol. The molecule has 1 aromatic carbocycles. The SMILES string of the molecule is NC(=O)c1ccc(C2CC2)c(Cc2ccc(F)cc2)n1. The van der Waals surface area contributed by atoms with E-state index < -0.39 is 5.91 Å². The molecule has 1 aliphatic rings. The molecule has 102 valence electrons. The molecule has 3 nitrogen and oxygen atoms in total. The van der Waals surface area contributed by atoms with Gasteiger partial charge in [0.05, 0.1) is 0 Å². The van der Waals surface area contributed by atoms with Gasteiger partial charge in [-0.2, -0.15) is 0 Å².